The van der Waals surface area contributed by atoms with Crippen molar-refractivity contribution in [3.63, 3.8) is 0 Å². The van der Waals surface area contributed by atoms with Crippen LogP contribution < -0.4 is 0 Å². The van der Waals surface area contributed by atoms with E-state index in [-0.39, 0.29) is 9.52 Å². The van der Waals surface area contributed by atoms with E-state index in [1.165, 1.54) is 0 Å². The van der Waals surface area contributed by atoms with Crippen molar-refractivity contribution in [2.45, 2.75) is 24.8 Å². The second kappa shape index (κ2) is 2.77. The Bertz CT molecular complexity index is 46.0. The fraction of sp³-hybridized carbons (Fsp3) is 1.00. The van der Waals surface area contributed by atoms with Crippen LogP contribution >= 0.6 is 11.8 Å². The second-order valence-corrected chi connectivity index (χ2v) is 6.82. The molecule has 0 saturated heterocycles. The van der Waals surface area contributed by atoms with E-state index in [4.69, 9.17) is 0 Å². The van der Waals surface area contributed by atoms with E-state index in [0.717, 1.165) is 0 Å². The predicted molar refractivity (Wildman–Crippen MR) is 42.0 cm³/mol. The summed E-state index contributed by atoms with van der Waals surface area (Å²) in [5.74, 6) is 0. The van der Waals surface area contributed by atoms with E-state index in [1.54, 1.807) is 0 Å². The quantitative estimate of drug-likeness (QED) is 0.513. The molecule has 0 spiro atoms. The summed E-state index contributed by atoms with van der Waals surface area (Å²) in [5, 5.41) is 0. The first-order valence-corrected chi connectivity index (χ1v) is 6.02. The van der Waals surface area contributed by atoms with Gasteiger partial charge in [-0.1, -0.05) is 20.4 Å². The van der Waals surface area contributed by atoms with Gasteiger partial charge in [-0.3, -0.25) is 0 Å². The second-order valence-electron chi connectivity index (χ2n) is 2.32. The summed E-state index contributed by atoms with van der Waals surface area (Å²) in [6.07, 6.45) is 2.19. The Morgan fingerprint density at radius 3 is 1.86 bits per heavy atom. The maximum atomic E-state index is 2.36. The van der Waals surface area contributed by atoms with Crippen LogP contribution in [0.2, 0.25) is 6.55 Å². The first kappa shape index (κ1) is 7.57. The first-order valence-electron chi connectivity index (χ1n) is 2.67. The lowest BCUT2D eigenvalue weighted by Crippen LogP contribution is -2.20. The summed E-state index contributed by atoms with van der Waals surface area (Å²) < 4.78 is 0.639. The number of hydrogen-bond donors (Lipinski definition) is 0. The van der Waals surface area contributed by atoms with Crippen LogP contribution in [0.1, 0.15) is 13.8 Å². The van der Waals surface area contributed by atoms with E-state index in [2.05, 4.69) is 26.7 Å². The van der Waals surface area contributed by atoms with E-state index >= 15 is 0 Å². The van der Waals surface area contributed by atoms with E-state index in [0.29, 0.717) is 4.37 Å². The van der Waals surface area contributed by atoms with Crippen LogP contribution in [0.25, 0.3) is 0 Å². The maximum absolute atomic E-state index is 2.36. The van der Waals surface area contributed by atoms with Crippen molar-refractivity contribution in [2.24, 2.45) is 0 Å². The monoisotopic (exact) mass is 134 g/mol. The predicted octanol–water partition coefficient (Wildman–Crippen LogP) is 1.30. The fourth-order valence-corrected chi connectivity index (χ4v) is 1.30. The van der Waals surface area contributed by atoms with Gasteiger partial charge in [-0.05, 0) is 10.6 Å². The standard InChI is InChI=1S/C5H14SSi/c1-5(2,6-3)7-4/h7H2,1-4H3. The van der Waals surface area contributed by atoms with Crippen LogP contribution in [0.4, 0.5) is 0 Å². The average Bonchev–Trinajstić information content (AvgIpc) is 1.68. The van der Waals surface area contributed by atoms with Crippen LogP contribution in [0.5, 0.6) is 0 Å². The zero-order chi connectivity index (χ0) is 5.91. The van der Waals surface area contributed by atoms with Crippen LogP contribution in [0.15, 0.2) is 0 Å². The molecule has 0 aliphatic rings. The van der Waals surface area contributed by atoms with Gasteiger partial charge in [0.25, 0.3) is 0 Å². The van der Waals surface area contributed by atoms with Gasteiger partial charge in [-0.15, -0.1) is 0 Å². The van der Waals surface area contributed by atoms with E-state index < -0.39 is 0 Å². The fourth-order valence-electron chi connectivity index (χ4n) is 0.144. The molecule has 0 amide bonds. The highest BCUT2D eigenvalue weighted by Crippen LogP contribution is 2.18. The van der Waals surface area contributed by atoms with Gasteiger partial charge in [0.05, 0.1) is 0 Å². The zero-order valence-corrected chi connectivity index (χ0v) is 7.85. The van der Waals surface area contributed by atoms with Gasteiger partial charge < -0.3 is 0 Å². The van der Waals surface area contributed by atoms with Crippen LogP contribution in [0, 0.1) is 0 Å². The highest BCUT2D eigenvalue weighted by Gasteiger charge is 2.11. The van der Waals surface area contributed by atoms with Crippen molar-refractivity contribution in [2.75, 3.05) is 6.26 Å². The summed E-state index contributed by atoms with van der Waals surface area (Å²) in [7, 11) is 0.205. The van der Waals surface area contributed by atoms with Crippen LogP contribution in [0.3, 0.4) is 0 Å². The Morgan fingerprint density at radius 2 is 1.86 bits per heavy atom. The molecule has 0 aromatic heterocycles. The van der Waals surface area contributed by atoms with Crippen molar-refractivity contribution in [1.29, 1.82) is 0 Å². The average molecular weight is 134 g/mol. The molecule has 0 aromatic carbocycles. The molecule has 0 fully saturated rings. The van der Waals surface area contributed by atoms with Crippen LogP contribution in [-0.2, 0) is 0 Å². The molecule has 2 heteroatoms. The third-order valence-electron chi connectivity index (χ3n) is 1.40. The summed E-state index contributed by atoms with van der Waals surface area (Å²) in [5.41, 5.74) is 0. The Labute approximate surface area is 52.9 Å². The molecule has 0 rings (SSSR count). The maximum Gasteiger partial charge on any atom is 0.0357 e. The van der Waals surface area contributed by atoms with Gasteiger partial charge in [0, 0.05) is 9.52 Å². The minimum Gasteiger partial charge on any atom is -0.163 e. The summed E-state index contributed by atoms with van der Waals surface area (Å²) >= 11 is 1.99. The summed E-state index contributed by atoms with van der Waals surface area (Å²) in [6, 6.07) is 0. The molecule has 0 bridgehead atoms. The molecule has 0 N–H and O–H groups in total. The molecule has 0 unspecified atom stereocenters. The molecule has 0 atom stereocenters. The van der Waals surface area contributed by atoms with Crippen LogP contribution in [-0.4, -0.2) is 20.1 Å². The van der Waals surface area contributed by atoms with Gasteiger partial charge in [-0.25, -0.2) is 0 Å². The molecule has 0 nitrogen and oxygen atoms in total. The molecule has 0 aromatic rings. The highest BCUT2D eigenvalue weighted by molar-refractivity contribution is 8.01. The third-order valence-corrected chi connectivity index (χ3v) is 5.94. The van der Waals surface area contributed by atoms with Crippen molar-refractivity contribution >= 4 is 21.3 Å². The lowest BCUT2D eigenvalue weighted by molar-refractivity contribution is 0.998. The van der Waals surface area contributed by atoms with Crippen molar-refractivity contribution in [1.82, 2.24) is 0 Å². The van der Waals surface area contributed by atoms with Gasteiger partial charge in [0.2, 0.25) is 0 Å². The normalized spacial score (nSPS) is 13.7. The lowest BCUT2D eigenvalue weighted by Gasteiger charge is -2.17. The highest BCUT2D eigenvalue weighted by atomic mass is 32.2. The number of rotatable bonds is 2. The number of hydrogen-bond acceptors (Lipinski definition) is 1. The SMILES string of the molecule is C[SiH2]C(C)(C)SC. The first-order chi connectivity index (χ1) is 3.12. The van der Waals surface area contributed by atoms with Crippen molar-refractivity contribution in [3.05, 3.63) is 0 Å². The smallest absolute Gasteiger partial charge is 0.0357 e. The summed E-state index contributed by atoms with van der Waals surface area (Å²) in [6.45, 7) is 7.00. The zero-order valence-electron chi connectivity index (χ0n) is 5.62. The molecular formula is C5H14SSi. The van der Waals surface area contributed by atoms with Gasteiger partial charge in [0.15, 0.2) is 0 Å². The minimum atomic E-state index is 0.205. The Hall–Kier alpha value is 0.567. The van der Waals surface area contributed by atoms with Gasteiger partial charge in [0.1, 0.15) is 0 Å². The van der Waals surface area contributed by atoms with E-state index in [9.17, 15) is 0 Å². The van der Waals surface area contributed by atoms with Gasteiger partial charge >= 0.3 is 0 Å². The molecule has 0 heterocycles. The Morgan fingerprint density at radius 1 is 1.43 bits per heavy atom. The third kappa shape index (κ3) is 3.18. The lowest BCUT2D eigenvalue weighted by atomic mass is 10.5. The Balaban J connectivity index is 3.36. The van der Waals surface area contributed by atoms with E-state index in [1.807, 2.05) is 11.8 Å². The topological polar surface area (TPSA) is 0 Å². The van der Waals surface area contributed by atoms with Crippen molar-refractivity contribution < 1.29 is 0 Å². The van der Waals surface area contributed by atoms with Crippen molar-refractivity contribution in [3.8, 4) is 0 Å². The molecule has 0 aliphatic heterocycles. The summed E-state index contributed by atoms with van der Waals surface area (Å²) in [4.78, 5) is 0. The molecule has 0 aliphatic carbocycles. The molecule has 44 valence electrons. The van der Waals surface area contributed by atoms with Gasteiger partial charge in [-0.2, -0.15) is 11.8 Å². The minimum absolute atomic E-state index is 0.205. The molecular weight excluding hydrogens is 120 g/mol. The largest absolute Gasteiger partial charge is 0.163 e. The molecule has 0 saturated carbocycles. The molecule has 0 radical (unpaired) electrons. The number of thioether (sulfide) groups is 1. The Kier molecular flexibility index (Phi) is 3.00. The molecule has 7 heavy (non-hydrogen) atoms.